The van der Waals surface area contributed by atoms with Crippen molar-refractivity contribution in [1.29, 1.82) is 0 Å². The molecule has 0 bridgehead atoms. The molecule has 0 radical (unpaired) electrons. The minimum atomic E-state index is 0.500. The zero-order chi connectivity index (χ0) is 15.0. The molecule has 0 N–H and O–H groups in total. The van der Waals surface area contributed by atoms with Gasteiger partial charge in [0.25, 0.3) is 0 Å². The van der Waals surface area contributed by atoms with E-state index in [1.165, 1.54) is 0 Å². The number of aldehydes is 1. The summed E-state index contributed by atoms with van der Waals surface area (Å²) in [6.07, 6.45) is 4.02. The van der Waals surface area contributed by atoms with Gasteiger partial charge in [-0.25, -0.2) is 0 Å². The second-order valence-electron chi connectivity index (χ2n) is 3.95. The van der Waals surface area contributed by atoms with Gasteiger partial charge in [-0.1, -0.05) is 37.6 Å². The van der Waals surface area contributed by atoms with Gasteiger partial charge in [-0.15, -0.1) is 0 Å². The molecule has 2 rings (SSSR count). The number of benzene rings is 1. The van der Waals surface area contributed by atoms with Crippen molar-refractivity contribution in [3.8, 4) is 0 Å². The van der Waals surface area contributed by atoms with Gasteiger partial charge in [0.05, 0.1) is 0 Å². The number of carbonyl (C=O) groups excluding carboxylic acids is 1. The van der Waals surface area contributed by atoms with E-state index < -0.39 is 0 Å². The average molecular weight is 355 g/mol. The van der Waals surface area contributed by atoms with Crippen molar-refractivity contribution in [2.24, 2.45) is 0 Å². The van der Waals surface area contributed by atoms with Crippen molar-refractivity contribution in [3.63, 3.8) is 0 Å². The molecule has 0 unspecified atom stereocenters. The monoisotopic (exact) mass is 353 g/mol. The maximum Gasteiger partial charge on any atom is 0.168 e. The van der Waals surface area contributed by atoms with E-state index in [0.717, 1.165) is 39.8 Å². The Balaban J connectivity index is 0.000000956. The van der Waals surface area contributed by atoms with Crippen LogP contribution in [0.25, 0.3) is 0 Å². The third-order valence-corrected chi connectivity index (χ3v) is 3.32. The maximum atomic E-state index is 10.9. The van der Waals surface area contributed by atoms with Gasteiger partial charge in [-0.05, 0) is 58.1 Å². The Bertz CT molecular complexity index is 572. The first-order valence-electron chi connectivity index (χ1n) is 6.53. The van der Waals surface area contributed by atoms with E-state index in [-0.39, 0.29) is 0 Å². The first-order chi connectivity index (χ1) is 9.69. The lowest BCUT2D eigenvalue weighted by atomic mass is 10.0. The Labute approximate surface area is 133 Å². The summed E-state index contributed by atoms with van der Waals surface area (Å²) in [6.45, 7) is 4.00. The number of hydrogen-bond acceptors (Lipinski definition) is 2. The van der Waals surface area contributed by atoms with Crippen LogP contribution in [0.2, 0.25) is 5.02 Å². The van der Waals surface area contributed by atoms with Gasteiger partial charge in [-0.2, -0.15) is 0 Å². The molecule has 0 saturated heterocycles. The molecule has 0 fully saturated rings. The molecule has 1 heterocycles. The number of aryl methyl sites for hydroxylation is 2. The molecule has 1 aromatic heterocycles. The van der Waals surface area contributed by atoms with Gasteiger partial charge in [0.1, 0.15) is 5.69 Å². The molecule has 0 atom stereocenters. The van der Waals surface area contributed by atoms with Crippen LogP contribution in [0.4, 0.5) is 0 Å². The Morgan fingerprint density at radius 1 is 1.25 bits per heavy atom. The van der Waals surface area contributed by atoms with Crippen LogP contribution in [0.3, 0.4) is 0 Å². The van der Waals surface area contributed by atoms with Crippen molar-refractivity contribution in [3.05, 3.63) is 62.8 Å². The fraction of sp³-hybridized carbons (Fsp3) is 0.250. The highest BCUT2D eigenvalue weighted by molar-refractivity contribution is 9.10. The summed E-state index contributed by atoms with van der Waals surface area (Å²) in [6, 6.07) is 9.67. The van der Waals surface area contributed by atoms with Crippen LogP contribution in [0.5, 0.6) is 0 Å². The third kappa shape index (κ3) is 5.06. The highest BCUT2D eigenvalue weighted by Crippen LogP contribution is 2.17. The smallest absolute Gasteiger partial charge is 0.168 e. The topological polar surface area (TPSA) is 30.0 Å². The van der Waals surface area contributed by atoms with Crippen LogP contribution in [-0.2, 0) is 12.8 Å². The summed E-state index contributed by atoms with van der Waals surface area (Å²) < 4.78 is 0.884. The summed E-state index contributed by atoms with van der Waals surface area (Å²) in [5.41, 5.74) is 2.60. The predicted octanol–water partition coefficient (Wildman–Crippen LogP) is 5.12. The fourth-order valence-corrected chi connectivity index (χ4v) is 2.36. The molecule has 106 valence electrons. The number of carbonyl (C=O) groups is 1. The van der Waals surface area contributed by atoms with Crippen LogP contribution in [-0.4, -0.2) is 11.3 Å². The number of hydrogen-bond donors (Lipinski definition) is 0. The minimum absolute atomic E-state index is 0.500. The lowest BCUT2D eigenvalue weighted by molar-refractivity contribution is 0.111. The van der Waals surface area contributed by atoms with E-state index in [9.17, 15) is 4.79 Å². The van der Waals surface area contributed by atoms with Crippen molar-refractivity contribution in [2.45, 2.75) is 26.7 Å². The van der Waals surface area contributed by atoms with Crippen molar-refractivity contribution < 1.29 is 4.79 Å². The van der Waals surface area contributed by atoms with E-state index in [1.807, 2.05) is 44.2 Å². The standard InChI is InChI=1S/C14H11BrClNO.C2H6/c15-12-7-11(14(9-18)17-8-12)5-4-10-2-1-3-13(16)6-10;1-2/h1-3,6-9H,4-5H2;1-2H3. The van der Waals surface area contributed by atoms with Crippen molar-refractivity contribution in [1.82, 2.24) is 4.98 Å². The first-order valence-corrected chi connectivity index (χ1v) is 7.70. The van der Waals surface area contributed by atoms with Gasteiger partial charge >= 0.3 is 0 Å². The maximum absolute atomic E-state index is 10.9. The van der Waals surface area contributed by atoms with Gasteiger partial charge in [0.15, 0.2) is 6.29 Å². The summed E-state index contributed by atoms with van der Waals surface area (Å²) in [4.78, 5) is 15.0. The van der Waals surface area contributed by atoms with Crippen LogP contribution in [0.1, 0.15) is 35.5 Å². The van der Waals surface area contributed by atoms with Gasteiger partial charge in [0.2, 0.25) is 0 Å². The Morgan fingerprint density at radius 3 is 2.65 bits per heavy atom. The van der Waals surface area contributed by atoms with Gasteiger partial charge in [-0.3, -0.25) is 9.78 Å². The van der Waals surface area contributed by atoms with E-state index in [2.05, 4.69) is 20.9 Å². The summed E-state index contributed by atoms with van der Waals surface area (Å²) in [5.74, 6) is 0. The highest BCUT2D eigenvalue weighted by atomic mass is 79.9. The van der Waals surface area contributed by atoms with E-state index >= 15 is 0 Å². The number of nitrogens with zero attached hydrogens (tertiary/aromatic N) is 1. The van der Waals surface area contributed by atoms with E-state index in [1.54, 1.807) is 6.20 Å². The van der Waals surface area contributed by atoms with Crippen LogP contribution in [0, 0.1) is 0 Å². The van der Waals surface area contributed by atoms with Gasteiger partial charge < -0.3 is 0 Å². The second kappa shape index (κ2) is 8.88. The molecule has 4 heteroatoms. The molecule has 0 spiro atoms. The minimum Gasteiger partial charge on any atom is -0.296 e. The fourth-order valence-electron chi connectivity index (χ4n) is 1.77. The normalized spacial score (nSPS) is 9.60. The highest BCUT2D eigenvalue weighted by Gasteiger charge is 2.05. The number of halogens is 2. The lowest BCUT2D eigenvalue weighted by Crippen LogP contribution is -1.99. The van der Waals surface area contributed by atoms with Crippen molar-refractivity contribution in [2.75, 3.05) is 0 Å². The lowest BCUT2D eigenvalue weighted by Gasteiger charge is -2.05. The summed E-state index contributed by atoms with van der Waals surface area (Å²) >= 11 is 9.30. The molecular weight excluding hydrogens is 338 g/mol. The summed E-state index contributed by atoms with van der Waals surface area (Å²) in [5, 5.41) is 0.732. The molecule has 1 aromatic carbocycles. The average Bonchev–Trinajstić information content (AvgIpc) is 2.47. The Hall–Kier alpha value is -1.19. The molecular formula is C16H17BrClNO. The molecule has 2 nitrogen and oxygen atoms in total. The van der Waals surface area contributed by atoms with Gasteiger partial charge in [0, 0.05) is 15.7 Å². The molecule has 0 aliphatic carbocycles. The molecule has 0 aliphatic heterocycles. The molecule has 2 aromatic rings. The Kier molecular flexibility index (Phi) is 7.48. The predicted molar refractivity (Wildman–Crippen MR) is 87.5 cm³/mol. The van der Waals surface area contributed by atoms with E-state index in [0.29, 0.717) is 5.69 Å². The zero-order valence-corrected chi connectivity index (χ0v) is 13.9. The second-order valence-corrected chi connectivity index (χ2v) is 5.30. The van der Waals surface area contributed by atoms with Crippen LogP contribution < -0.4 is 0 Å². The van der Waals surface area contributed by atoms with E-state index in [4.69, 9.17) is 11.6 Å². The number of aromatic nitrogens is 1. The van der Waals surface area contributed by atoms with Crippen LogP contribution in [0.15, 0.2) is 41.0 Å². The van der Waals surface area contributed by atoms with Crippen LogP contribution >= 0.6 is 27.5 Å². The number of rotatable bonds is 4. The number of pyridine rings is 1. The molecule has 0 aliphatic rings. The summed E-state index contributed by atoms with van der Waals surface area (Å²) in [7, 11) is 0. The third-order valence-electron chi connectivity index (χ3n) is 2.65. The first kappa shape index (κ1) is 16.9. The quantitative estimate of drug-likeness (QED) is 0.713. The SMILES string of the molecule is CC.O=Cc1ncc(Br)cc1CCc1cccc(Cl)c1. The molecule has 0 saturated carbocycles. The Morgan fingerprint density at radius 2 is 2.00 bits per heavy atom. The van der Waals surface area contributed by atoms with Crippen molar-refractivity contribution >= 4 is 33.8 Å². The molecule has 0 amide bonds. The molecule has 20 heavy (non-hydrogen) atoms. The zero-order valence-electron chi connectivity index (χ0n) is 11.6. The largest absolute Gasteiger partial charge is 0.296 e.